The van der Waals surface area contributed by atoms with Crippen LogP contribution in [0.1, 0.15) is 32.3 Å². The average molecular weight is 407 g/mol. The van der Waals surface area contributed by atoms with Crippen molar-refractivity contribution in [2.24, 2.45) is 0 Å². The van der Waals surface area contributed by atoms with Crippen molar-refractivity contribution >= 4 is 17.4 Å². The Labute approximate surface area is 177 Å². The third kappa shape index (κ3) is 5.86. The van der Waals surface area contributed by atoms with Crippen molar-refractivity contribution in [3.8, 4) is 11.3 Å². The molecule has 1 amide bonds. The van der Waals surface area contributed by atoms with E-state index in [1.165, 1.54) is 12.1 Å². The Kier molecular flexibility index (Phi) is 7.49. The molecular weight excluding hydrogens is 379 g/mol. The van der Waals surface area contributed by atoms with Crippen LogP contribution in [0.2, 0.25) is 0 Å². The number of nitrogens with one attached hydrogen (secondary N) is 1. The normalized spacial score (nSPS) is 10.6. The first-order valence-corrected chi connectivity index (χ1v) is 10.3. The van der Waals surface area contributed by atoms with E-state index in [0.29, 0.717) is 16.9 Å². The number of carbonyl (C=O) groups is 1. The van der Waals surface area contributed by atoms with Gasteiger partial charge in [0.15, 0.2) is 0 Å². The van der Waals surface area contributed by atoms with Crippen molar-refractivity contribution in [3.05, 3.63) is 72.3 Å². The van der Waals surface area contributed by atoms with Crippen molar-refractivity contribution in [1.29, 1.82) is 0 Å². The van der Waals surface area contributed by atoms with Gasteiger partial charge < -0.3 is 10.2 Å². The van der Waals surface area contributed by atoms with E-state index in [9.17, 15) is 9.18 Å². The zero-order valence-electron chi connectivity index (χ0n) is 17.4. The van der Waals surface area contributed by atoms with Gasteiger partial charge in [0.1, 0.15) is 11.6 Å². The minimum Gasteiger partial charge on any atom is -0.357 e. The van der Waals surface area contributed by atoms with Crippen LogP contribution in [0.4, 0.5) is 15.9 Å². The number of amides is 1. The molecule has 5 nitrogen and oxygen atoms in total. The summed E-state index contributed by atoms with van der Waals surface area (Å²) in [7, 11) is 0. The van der Waals surface area contributed by atoms with E-state index in [0.717, 1.165) is 37.3 Å². The monoisotopic (exact) mass is 406 g/mol. The molecule has 0 unspecified atom stereocenters. The fourth-order valence-corrected chi connectivity index (χ4v) is 3.27. The quantitative estimate of drug-likeness (QED) is 0.538. The molecule has 0 aliphatic rings. The molecule has 0 aliphatic heterocycles. The van der Waals surface area contributed by atoms with Gasteiger partial charge in [-0.1, -0.05) is 32.0 Å². The number of benzene rings is 1. The number of hydrogen-bond acceptors (Lipinski definition) is 4. The number of halogens is 1. The zero-order valence-corrected chi connectivity index (χ0v) is 17.4. The number of rotatable bonds is 9. The third-order valence-corrected chi connectivity index (χ3v) is 4.65. The fraction of sp³-hybridized carbons (Fsp3) is 0.292. The lowest BCUT2D eigenvalue weighted by molar-refractivity contribution is -0.115. The smallest absolute Gasteiger partial charge is 0.228 e. The summed E-state index contributed by atoms with van der Waals surface area (Å²) in [6, 6.07) is 13.7. The second-order valence-electron chi connectivity index (χ2n) is 7.18. The zero-order chi connectivity index (χ0) is 21.3. The molecule has 0 fully saturated rings. The molecule has 0 bridgehead atoms. The van der Waals surface area contributed by atoms with Gasteiger partial charge in [-0.2, -0.15) is 0 Å². The van der Waals surface area contributed by atoms with Crippen LogP contribution in [0.15, 0.2) is 60.9 Å². The van der Waals surface area contributed by atoms with Gasteiger partial charge in [0, 0.05) is 24.8 Å². The standard InChI is InChI=1S/C24H27FN4O/c1-3-12-29(13-4-2)23-11-8-18(16-27-23)14-24(30)28-21-9-10-22(26-17-21)19-6-5-7-20(25)15-19/h5-11,15-17H,3-4,12-14H2,1-2H3,(H,28,30). The Balaban J connectivity index is 1.58. The Morgan fingerprint density at radius 1 is 1.00 bits per heavy atom. The van der Waals surface area contributed by atoms with Crippen molar-refractivity contribution < 1.29 is 9.18 Å². The lowest BCUT2D eigenvalue weighted by Gasteiger charge is -2.22. The molecule has 156 valence electrons. The molecule has 6 heteroatoms. The maximum atomic E-state index is 13.4. The van der Waals surface area contributed by atoms with Crippen molar-refractivity contribution in [3.63, 3.8) is 0 Å². The van der Waals surface area contributed by atoms with Gasteiger partial charge in [0.25, 0.3) is 0 Å². The second-order valence-corrected chi connectivity index (χ2v) is 7.18. The summed E-state index contributed by atoms with van der Waals surface area (Å²) in [5.41, 5.74) is 2.80. The Hall–Kier alpha value is -3.28. The molecule has 2 heterocycles. The van der Waals surface area contributed by atoms with Crippen LogP contribution in [0.5, 0.6) is 0 Å². The number of pyridine rings is 2. The summed E-state index contributed by atoms with van der Waals surface area (Å²) < 4.78 is 13.4. The topological polar surface area (TPSA) is 58.1 Å². The van der Waals surface area contributed by atoms with Gasteiger partial charge in [-0.25, -0.2) is 9.37 Å². The van der Waals surface area contributed by atoms with Gasteiger partial charge in [0.2, 0.25) is 5.91 Å². The van der Waals surface area contributed by atoms with Crippen LogP contribution in [0.25, 0.3) is 11.3 Å². The van der Waals surface area contributed by atoms with Crippen molar-refractivity contribution in [2.45, 2.75) is 33.1 Å². The van der Waals surface area contributed by atoms with Crippen LogP contribution in [0, 0.1) is 5.82 Å². The molecule has 0 atom stereocenters. The minimum absolute atomic E-state index is 0.135. The molecule has 0 saturated carbocycles. The summed E-state index contributed by atoms with van der Waals surface area (Å²) in [5, 5.41) is 2.84. The van der Waals surface area contributed by atoms with E-state index in [2.05, 4.69) is 34.0 Å². The molecule has 1 aromatic carbocycles. The highest BCUT2D eigenvalue weighted by Gasteiger charge is 2.09. The number of hydrogen-bond donors (Lipinski definition) is 1. The molecule has 3 aromatic rings. The largest absolute Gasteiger partial charge is 0.357 e. The van der Waals surface area contributed by atoms with Gasteiger partial charge in [0.05, 0.1) is 24.0 Å². The van der Waals surface area contributed by atoms with Crippen LogP contribution in [-0.4, -0.2) is 29.0 Å². The van der Waals surface area contributed by atoms with Gasteiger partial charge in [-0.05, 0) is 48.7 Å². The highest BCUT2D eigenvalue weighted by Crippen LogP contribution is 2.19. The Morgan fingerprint density at radius 2 is 1.80 bits per heavy atom. The van der Waals surface area contributed by atoms with E-state index in [1.54, 1.807) is 36.7 Å². The Morgan fingerprint density at radius 3 is 2.40 bits per heavy atom. The number of nitrogens with zero attached hydrogens (tertiary/aromatic N) is 3. The lowest BCUT2D eigenvalue weighted by atomic mass is 10.1. The predicted octanol–water partition coefficient (Wildman–Crippen LogP) is 5.09. The van der Waals surface area contributed by atoms with Gasteiger partial charge in [-0.15, -0.1) is 0 Å². The summed E-state index contributed by atoms with van der Waals surface area (Å²) in [4.78, 5) is 23.5. The van der Waals surface area contributed by atoms with Gasteiger partial charge >= 0.3 is 0 Å². The molecule has 30 heavy (non-hydrogen) atoms. The summed E-state index contributed by atoms with van der Waals surface area (Å²) in [6.45, 7) is 6.25. The first-order chi connectivity index (χ1) is 14.6. The van der Waals surface area contributed by atoms with E-state index in [-0.39, 0.29) is 18.1 Å². The molecule has 0 saturated heterocycles. The van der Waals surface area contributed by atoms with E-state index in [4.69, 9.17) is 0 Å². The maximum Gasteiger partial charge on any atom is 0.228 e. The average Bonchev–Trinajstić information content (AvgIpc) is 2.75. The summed E-state index contributed by atoms with van der Waals surface area (Å²) in [6.07, 6.45) is 5.71. The SMILES string of the molecule is CCCN(CCC)c1ccc(CC(=O)Nc2ccc(-c3cccc(F)c3)nc2)cn1. The molecule has 0 radical (unpaired) electrons. The first kappa shape index (κ1) is 21.4. The summed E-state index contributed by atoms with van der Waals surface area (Å²) in [5.74, 6) is 0.502. The van der Waals surface area contributed by atoms with Crippen LogP contribution in [-0.2, 0) is 11.2 Å². The Bertz CT molecular complexity index is 952. The predicted molar refractivity (Wildman–Crippen MR) is 119 cm³/mol. The molecule has 0 spiro atoms. The molecule has 2 aromatic heterocycles. The highest BCUT2D eigenvalue weighted by atomic mass is 19.1. The van der Waals surface area contributed by atoms with Gasteiger partial charge in [-0.3, -0.25) is 9.78 Å². The molecule has 3 rings (SSSR count). The van der Waals surface area contributed by atoms with E-state index >= 15 is 0 Å². The lowest BCUT2D eigenvalue weighted by Crippen LogP contribution is -2.25. The van der Waals surface area contributed by atoms with E-state index < -0.39 is 0 Å². The van der Waals surface area contributed by atoms with Crippen molar-refractivity contribution in [1.82, 2.24) is 9.97 Å². The van der Waals surface area contributed by atoms with E-state index in [1.807, 2.05) is 12.1 Å². The summed E-state index contributed by atoms with van der Waals surface area (Å²) >= 11 is 0. The number of anilines is 2. The van der Waals surface area contributed by atoms with Crippen LogP contribution < -0.4 is 10.2 Å². The highest BCUT2D eigenvalue weighted by molar-refractivity contribution is 5.92. The fourth-order valence-electron chi connectivity index (χ4n) is 3.27. The maximum absolute atomic E-state index is 13.4. The number of aromatic nitrogens is 2. The molecule has 0 aliphatic carbocycles. The molecular formula is C24H27FN4O. The van der Waals surface area contributed by atoms with Crippen molar-refractivity contribution in [2.75, 3.05) is 23.3 Å². The van der Waals surface area contributed by atoms with Crippen LogP contribution in [0.3, 0.4) is 0 Å². The second kappa shape index (κ2) is 10.5. The first-order valence-electron chi connectivity index (χ1n) is 10.3. The number of carbonyl (C=O) groups excluding carboxylic acids is 1. The minimum atomic E-state index is -0.307. The third-order valence-electron chi connectivity index (χ3n) is 4.65. The molecule has 1 N–H and O–H groups in total. The van der Waals surface area contributed by atoms with Crippen LogP contribution >= 0.6 is 0 Å².